The van der Waals surface area contributed by atoms with Crippen molar-refractivity contribution in [3.05, 3.63) is 338 Å². The van der Waals surface area contributed by atoms with Crippen LogP contribution in [0.4, 0.5) is 0 Å². The van der Waals surface area contributed by atoms with Crippen molar-refractivity contribution in [2.45, 2.75) is 44.6 Å². The summed E-state index contributed by atoms with van der Waals surface area (Å²) in [6, 6.07) is 34.4. The van der Waals surface area contributed by atoms with E-state index >= 15 is 0 Å². The van der Waals surface area contributed by atoms with Crippen LogP contribution in [0.5, 0.6) is 0 Å². The first-order chi connectivity index (χ1) is 47.5. The summed E-state index contributed by atoms with van der Waals surface area (Å²) in [7, 11) is 0. The van der Waals surface area contributed by atoms with Crippen molar-refractivity contribution in [3.8, 4) is 0 Å². The third-order valence-electron chi connectivity index (χ3n) is 7.26. The van der Waals surface area contributed by atoms with Crippen molar-refractivity contribution in [2.24, 2.45) is 9.98 Å². The summed E-state index contributed by atoms with van der Waals surface area (Å²) >= 11 is 9.33. The van der Waals surface area contributed by atoms with Gasteiger partial charge in [0.05, 0.1) is 92.2 Å². The number of nitrogens with one attached hydrogen (secondary N) is 5. The summed E-state index contributed by atoms with van der Waals surface area (Å²) in [5.41, 5.74) is 5.04. The van der Waals surface area contributed by atoms with Gasteiger partial charge in [0.1, 0.15) is 42.5 Å². The van der Waals surface area contributed by atoms with Gasteiger partial charge in [-0.15, -0.1) is 16.4 Å². The number of rotatable bonds is 0. The molecule has 0 spiro atoms. The van der Waals surface area contributed by atoms with E-state index in [1.54, 1.807) is 186 Å². The molecule has 0 radical (unpaired) electrons. The molecule has 1 aliphatic heterocycles. The first-order valence-corrected chi connectivity index (χ1v) is 31.7. The highest BCUT2D eigenvalue weighted by molar-refractivity contribution is 7.08. The fraction of sp³-hybridized carbons (Fsp3) is 0.108. The summed E-state index contributed by atoms with van der Waals surface area (Å²) < 4.78 is 38.2. The number of aromatic nitrogens is 21. The fourth-order valence-electron chi connectivity index (χ4n) is 3.80. The van der Waals surface area contributed by atoms with Gasteiger partial charge in [0.25, 0.3) is 0 Å². The molecule has 0 aliphatic carbocycles. The highest BCUT2D eigenvalue weighted by Gasteiger charge is 1.74. The van der Waals surface area contributed by atoms with Gasteiger partial charge < -0.3 is 46.1 Å². The molecule has 0 bridgehead atoms. The Bertz CT molecular complexity index is 2330. The average Bonchev–Trinajstić information content (AvgIpc) is 4.55. The minimum absolute atomic E-state index is 0. The molecule has 19 rings (SSSR count). The van der Waals surface area contributed by atoms with Gasteiger partial charge in [-0.2, -0.15) is 58.9 Å². The standard InChI is InChI=1S/2C4H5N.3C4H4O.3C4H4S.3C3H4N2.3C3H3NO.C3H3NS.C2H3N3.C2H2N2S.CHN3O.CHN3S.6CH4/c8*1-2-4-5-3-1;2*1-2-5-3-4-1;1-2-4-5-3-1;2*1-2-5-3-4-1;1-2-4-5-3-1;1-2-5-3-4-1;1-2-4-5-3-1;1-3-2-5-4-1;2*1-2-3-4-5-1;;;;;;/h2*1-5H;6*1-4H;1,3H,2H2;2*1-3H,(H,4,5);4*1-3H;1-2H,(H,3,4,5);1-2H;2*1H;6*1H4. The third-order valence-corrected chi connectivity index (χ3v) is 10.5. The topological polar surface area (TPSA) is 402 Å². The Morgan fingerprint density at radius 3 is 1.05 bits per heavy atom. The van der Waals surface area contributed by atoms with Crippen molar-refractivity contribution in [3.63, 3.8) is 0 Å². The zero-order valence-corrected chi connectivity index (χ0v) is 54.9. The zero-order chi connectivity index (χ0) is 67.2. The molecule has 101 heavy (non-hydrogen) atoms. The van der Waals surface area contributed by atoms with Gasteiger partial charge in [-0.05, 0) is 127 Å². The number of hydrogen-bond acceptors (Lipinski definition) is 31. The molecule has 0 aromatic carbocycles. The molecule has 36 heteroatoms. The Morgan fingerprint density at radius 1 is 0.356 bits per heavy atom. The van der Waals surface area contributed by atoms with Crippen molar-refractivity contribution in [2.75, 3.05) is 6.54 Å². The summed E-state index contributed by atoms with van der Waals surface area (Å²) in [5.74, 6) is 0. The van der Waals surface area contributed by atoms with E-state index in [2.05, 4.69) is 147 Å². The van der Waals surface area contributed by atoms with Crippen LogP contribution in [-0.4, -0.2) is 124 Å². The minimum atomic E-state index is 0. The zero-order valence-electron chi connectivity index (χ0n) is 50.1. The number of oxazole rings is 2. The van der Waals surface area contributed by atoms with Gasteiger partial charge in [0, 0.05) is 78.9 Å². The number of nitrogens with zero attached hydrogens (tertiary/aromatic N) is 18. The normalized spacial score (nSPS) is 8.00. The monoisotopic (exact) mass is 1500 g/mol. The molecule has 18 aromatic rings. The van der Waals surface area contributed by atoms with Crippen LogP contribution in [0.15, 0.2) is 379 Å². The predicted octanol–water partition coefficient (Wildman–Crippen LogP) is 18.8. The number of imidazole rings is 1. The van der Waals surface area contributed by atoms with Crippen LogP contribution in [0.3, 0.4) is 0 Å². The van der Waals surface area contributed by atoms with Crippen molar-refractivity contribution in [1.29, 1.82) is 0 Å². The lowest BCUT2D eigenvalue weighted by atomic mass is 10.7. The van der Waals surface area contributed by atoms with Gasteiger partial charge in [0.15, 0.2) is 12.8 Å². The van der Waals surface area contributed by atoms with Crippen LogP contribution in [-0.2, 0) is 0 Å². The Kier molecular flexibility index (Phi) is 95.3. The number of furan rings is 3. The largest absolute Gasteiger partial charge is 0.473 e. The summed E-state index contributed by atoms with van der Waals surface area (Å²) in [6.45, 7) is 0.778. The van der Waals surface area contributed by atoms with E-state index in [1.807, 2.05) is 166 Å². The van der Waals surface area contributed by atoms with E-state index in [-0.39, 0.29) is 44.6 Å². The summed E-state index contributed by atoms with van der Waals surface area (Å²) in [6.07, 6.45) is 48.8. The average molecular weight is 1500 g/mol. The van der Waals surface area contributed by atoms with Gasteiger partial charge in [-0.1, -0.05) is 95.7 Å². The van der Waals surface area contributed by atoms with E-state index in [0.717, 1.165) is 12.9 Å². The number of aliphatic imine (C=N–C) groups is 2. The molecule has 18 aromatic heterocycles. The van der Waals surface area contributed by atoms with Crippen LogP contribution < -0.4 is 0 Å². The maximum atomic E-state index is 4.58. The molecule has 0 atom stereocenters. The van der Waals surface area contributed by atoms with Gasteiger partial charge in [0.2, 0.25) is 6.39 Å². The van der Waals surface area contributed by atoms with Crippen LogP contribution in [0.2, 0.25) is 0 Å². The maximum Gasteiger partial charge on any atom is 0.235 e. The van der Waals surface area contributed by atoms with Crippen LogP contribution in [0.1, 0.15) is 44.6 Å². The lowest BCUT2D eigenvalue weighted by molar-refractivity contribution is 0.392. The molecular formula is C65H89N23O7S6. The molecule has 0 saturated carbocycles. The molecule has 0 unspecified atom stereocenters. The summed E-state index contributed by atoms with van der Waals surface area (Å²) in [5, 5.41) is 48.9. The number of H-pyrrole nitrogens is 5. The highest BCUT2D eigenvalue weighted by Crippen LogP contribution is 1.93. The lowest BCUT2D eigenvalue weighted by Crippen LogP contribution is -1.65. The second-order valence-electron chi connectivity index (χ2n) is 13.8. The van der Waals surface area contributed by atoms with Gasteiger partial charge in [-0.25, -0.2) is 24.9 Å². The number of aromatic amines is 5. The molecule has 0 amide bonds. The first kappa shape index (κ1) is 99.8. The molecule has 0 fully saturated rings. The minimum Gasteiger partial charge on any atom is -0.473 e. The molecule has 1 aliphatic rings. The fourth-order valence-corrected chi connectivity index (χ4v) is 5.99. The smallest absolute Gasteiger partial charge is 0.235 e. The Balaban J connectivity index is -0.000000235. The Morgan fingerprint density at radius 2 is 0.921 bits per heavy atom. The second-order valence-corrected chi connectivity index (χ2v) is 18.2. The van der Waals surface area contributed by atoms with Gasteiger partial charge >= 0.3 is 0 Å². The molecule has 0 saturated heterocycles. The van der Waals surface area contributed by atoms with Crippen molar-refractivity contribution >= 4 is 81.0 Å². The van der Waals surface area contributed by atoms with Crippen molar-refractivity contribution in [1.82, 2.24) is 105 Å². The first-order valence-electron chi connectivity index (χ1n) is 26.3. The Hall–Kier alpha value is -12.2. The maximum absolute atomic E-state index is 4.58. The van der Waals surface area contributed by atoms with Crippen LogP contribution in [0.25, 0.3) is 0 Å². The van der Waals surface area contributed by atoms with E-state index in [9.17, 15) is 0 Å². The number of thiophene rings is 3. The van der Waals surface area contributed by atoms with Gasteiger partial charge in [-0.3, -0.25) is 15.1 Å². The van der Waals surface area contributed by atoms with E-state index in [4.69, 9.17) is 0 Å². The molecule has 542 valence electrons. The highest BCUT2D eigenvalue weighted by atomic mass is 32.1. The number of thiazole rings is 1. The molecular weight excluding hydrogens is 1410 g/mol. The quantitative estimate of drug-likeness (QED) is 0.0941. The van der Waals surface area contributed by atoms with Crippen LogP contribution >= 0.6 is 68.4 Å². The Labute approximate surface area is 613 Å². The predicted molar refractivity (Wildman–Crippen MR) is 408 cm³/mol. The second kappa shape index (κ2) is 96.5. The van der Waals surface area contributed by atoms with Crippen LogP contribution in [0, 0.1) is 0 Å². The van der Waals surface area contributed by atoms with E-state index in [1.165, 1.54) is 61.0 Å². The molecule has 30 nitrogen and oxygen atoms in total. The summed E-state index contributed by atoms with van der Waals surface area (Å²) in [4.78, 5) is 34.0. The van der Waals surface area contributed by atoms with E-state index in [0.29, 0.717) is 0 Å². The lowest BCUT2D eigenvalue weighted by Gasteiger charge is -1.56. The SMILES string of the molecule is C.C.C.C.C.C.C1=NC=NC1.c1c[nH]cn1.c1cc[nH]c1.c1cc[nH]c1.c1ccoc1.c1ccoc1.c1ccoc1.c1ccsc1.c1ccsc1.c1ccsc1.c1cn[nH]c1.c1cn[nH]n1.c1cnoc1.c1cocn1.c1cocn1.c1cscn1.c1ncsn1.c1nnno1.c1nnns1. The third kappa shape index (κ3) is 94.3. The van der Waals surface area contributed by atoms with E-state index < -0.39 is 0 Å². The number of hydrogen-bond donors (Lipinski definition) is 5. The molecule has 5 N–H and O–H groups in total. The van der Waals surface area contributed by atoms with Crippen molar-refractivity contribution < 1.29 is 31.1 Å². The molecule has 19 heterocycles.